The molecule has 0 atom stereocenters. The first-order chi connectivity index (χ1) is 14.1. The van der Waals surface area contributed by atoms with Gasteiger partial charge in [0.25, 0.3) is 0 Å². The average molecular weight is 412 g/mol. The Balaban J connectivity index is 1.51. The van der Waals surface area contributed by atoms with Crippen molar-refractivity contribution < 1.29 is 9.53 Å². The number of carbonyl (C=O) groups excluding carboxylic acids is 1. The quantitative estimate of drug-likeness (QED) is 0.608. The molecule has 0 spiro atoms. The Hall–Kier alpha value is -2.58. The smallest absolute Gasteiger partial charge is 0.343 e. The van der Waals surface area contributed by atoms with E-state index in [2.05, 4.69) is 50.3 Å². The first kappa shape index (κ1) is 19.7. The van der Waals surface area contributed by atoms with Gasteiger partial charge in [0.15, 0.2) is 5.13 Å². The van der Waals surface area contributed by atoms with Crippen molar-refractivity contribution in [1.82, 2.24) is 19.9 Å². The predicted octanol–water partition coefficient (Wildman–Crippen LogP) is 4.24. The lowest BCUT2D eigenvalue weighted by Gasteiger charge is -2.30. The highest BCUT2D eigenvalue weighted by atomic mass is 32.1. The Morgan fingerprint density at radius 3 is 2.97 bits per heavy atom. The number of esters is 1. The normalized spacial score (nSPS) is 15.5. The molecule has 1 N–H and O–H groups in total. The first-order valence-electron chi connectivity index (χ1n) is 9.98. The number of aromatic nitrogens is 3. The molecule has 0 bridgehead atoms. The molecule has 3 aromatic rings. The second-order valence-corrected chi connectivity index (χ2v) is 8.44. The molecule has 0 radical (unpaired) electrons. The third-order valence-electron chi connectivity index (χ3n) is 5.17. The molecular weight excluding hydrogens is 386 g/mol. The predicted molar refractivity (Wildman–Crippen MR) is 115 cm³/mol. The van der Waals surface area contributed by atoms with Crippen molar-refractivity contribution in [3.05, 3.63) is 41.9 Å². The number of benzene rings is 1. The number of thiazole rings is 1. The van der Waals surface area contributed by atoms with Crippen LogP contribution in [0, 0.1) is 5.92 Å². The number of carbonyl (C=O) groups is 1. The molecule has 3 heterocycles. The zero-order valence-corrected chi connectivity index (χ0v) is 17.5. The van der Waals surface area contributed by atoms with E-state index in [0.29, 0.717) is 23.1 Å². The largest absolute Gasteiger partial charge is 0.462 e. The molecule has 1 aliphatic rings. The molecule has 29 heavy (non-hydrogen) atoms. The van der Waals surface area contributed by atoms with Crippen molar-refractivity contribution >= 4 is 38.5 Å². The minimum Gasteiger partial charge on any atom is -0.462 e. The first-order valence-corrected chi connectivity index (χ1v) is 10.8. The van der Waals surface area contributed by atoms with Gasteiger partial charge in [0.2, 0.25) is 0 Å². The van der Waals surface area contributed by atoms with E-state index in [1.807, 2.05) is 0 Å². The summed E-state index contributed by atoms with van der Waals surface area (Å²) in [6, 6.07) is 6.42. The highest BCUT2D eigenvalue weighted by molar-refractivity contribution is 7.22. The number of nitrogens with zero attached hydrogens (tertiary/aromatic N) is 4. The van der Waals surface area contributed by atoms with Crippen LogP contribution < -0.4 is 5.32 Å². The fourth-order valence-electron chi connectivity index (χ4n) is 3.49. The van der Waals surface area contributed by atoms with Crippen LogP contribution in [0.4, 0.5) is 10.9 Å². The van der Waals surface area contributed by atoms with Gasteiger partial charge in [-0.3, -0.25) is 4.90 Å². The second kappa shape index (κ2) is 8.84. The maximum Gasteiger partial charge on any atom is 0.343 e. The standard InChI is InChI=1S/C21H25N5O2S/c1-3-28-20(27)16-11-22-13-23-19(16)25-21-24-17-5-4-15(10-18(17)29-21)12-26-8-6-14(2)7-9-26/h4-5,10-11,13-14H,3,6-9,12H2,1-2H3,(H,22,23,24,25). The van der Waals surface area contributed by atoms with Crippen molar-refractivity contribution in [2.45, 2.75) is 33.2 Å². The van der Waals surface area contributed by atoms with Gasteiger partial charge in [-0.15, -0.1) is 0 Å². The summed E-state index contributed by atoms with van der Waals surface area (Å²) in [7, 11) is 0. The molecule has 0 amide bonds. The van der Waals surface area contributed by atoms with Crippen LogP contribution in [0.15, 0.2) is 30.7 Å². The molecular formula is C21H25N5O2S. The number of nitrogens with one attached hydrogen (secondary N) is 1. The maximum absolute atomic E-state index is 12.1. The SMILES string of the molecule is CCOC(=O)c1cncnc1Nc1nc2ccc(CN3CCC(C)CC3)cc2s1. The molecule has 1 saturated heterocycles. The number of likely N-dealkylation sites (tertiary alicyclic amines) is 1. The number of ether oxygens (including phenoxy) is 1. The minimum atomic E-state index is -0.449. The fourth-order valence-corrected chi connectivity index (χ4v) is 4.42. The van der Waals surface area contributed by atoms with Gasteiger partial charge in [0, 0.05) is 12.7 Å². The van der Waals surface area contributed by atoms with Crippen LogP contribution in [0.1, 0.15) is 42.6 Å². The lowest BCUT2D eigenvalue weighted by atomic mass is 9.99. The van der Waals surface area contributed by atoms with Crippen LogP contribution in [-0.4, -0.2) is 45.5 Å². The summed E-state index contributed by atoms with van der Waals surface area (Å²) in [4.78, 5) is 27.4. The van der Waals surface area contributed by atoms with E-state index in [9.17, 15) is 4.79 Å². The van der Waals surface area contributed by atoms with E-state index in [1.165, 1.54) is 44.0 Å². The van der Waals surface area contributed by atoms with Gasteiger partial charge in [-0.25, -0.2) is 19.7 Å². The summed E-state index contributed by atoms with van der Waals surface area (Å²) in [6.07, 6.45) is 5.41. The molecule has 7 nitrogen and oxygen atoms in total. The van der Waals surface area contributed by atoms with Crippen molar-refractivity contribution in [2.75, 3.05) is 25.0 Å². The molecule has 0 saturated carbocycles. The highest BCUT2D eigenvalue weighted by Crippen LogP contribution is 2.30. The summed E-state index contributed by atoms with van der Waals surface area (Å²) in [5, 5.41) is 3.84. The van der Waals surface area contributed by atoms with Gasteiger partial charge in [0.1, 0.15) is 17.7 Å². The zero-order valence-electron chi connectivity index (χ0n) is 16.7. The number of fused-ring (bicyclic) bond motifs is 1. The lowest BCUT2D eigenvalue weighted by Crippen LogP contribution is -2.32. The van der Waals surface area contributed by atoms with Gasteiger partial charge in [-0.05, 0) is 56.5 Å². The molecule has 1 aliphatic heterocycles. The maximum atomic E-state index is 12.1. The molecule has 0 unspecified atom stereocenters. The number of hydrogen-bond donors (Lipinski definition) is 1. The van der Waals surface area contributed by atoms with Crippen LogP contribution in [0.5, 0.6) is 0 Å². The van der Waals surface area contributed by atoms with Crippen LogP contribution >= 0.6 is 11.3 Å². The summed E-state index contributed by atoms with van der Waals surface area (Å²) < 4.78 is 6.19. The molecule has 2 aromatic heterocycles. The van der Waals surface area contributed by atoms with Crippen molar-refractivity contribution in [3.63, 3.8) is 0 Å². The number of hydrogen-bond acceptors (Lipinski definition) is 8. The van der Waals surface area contributed by atoms with Crippen molar-refractivity contribution in [2.24, 2.45) is 5.92 Å². The van der Waals surface area contributed by atoms with Crippen LogP contribution in [-0.2, 0) is 11.3 Å². The van der Waals surface area contributed by atoms with Gasteiger partial charge >= 0.3 is 5.97 Å². The monoisotopic (exact) mass is 411 g/mol. The van der Waals surface area contributed by atoms with Crippen molar-refractivity contribution in [3.8, 4) is 0 Å². The topological polar surface area (TPSA) is 80.2 Å². The van der Waals surface area contributed by atoms with Gasteiger partial charge in [0.05, 0.1) is 16.8 Å². The van der Waals surface area contributed by atoms with Crippen LogP contribution in [0.3, 0.4) is 0 Å². The van der Waals surface area contributed by atoms with Gasteiger partial charge < -0.3 is 10.1 Å². The summed E-state index contributed by atoms with van der Waals surface area (Å²) >= 11 is 1.55. The van der Waals surface area contributed by atoms with E-state index >= 15 is 0 Å². The Labute approximate surface area is 174 Å². The molecule has 1 fully saturated rings. The average Bonchev–Trinajstić information content (AvgIpc) is 3.12. The summed E-state index contributed by atoms with van der Waals surface area (Å²) in [6.45, 7) is 7.71. The Morgan fingerprint density at radius 1 is 1.34 bits per heavy atom. The van der Waals surface area contributed by atoms with E-state index < -0.39 is 5.97 Å². The van der Waals surface area contributed by atoms with Crippen LogP contribution in [0.2, 0.25) is 0 Å². The number of rotatable bonds is 6. The highest BCUT2D eigenvalue weighted by Gasteiger charge is 2.17. The van der Waals surface area contributed by atoms with E-state index in [1.54, 1.807) is 18.3 Å². The van der Waals surface area contributed by atoms with E-state index in [4.69, 9.17) is 4.74 Å². The minimum absolute atomic E-state index is 0.299. The molecule has 0 aliphatic carbocycles. The Morgan fingerprint density at radius 2 is 2.17 bits per heavy atom. The van der Waals surface area contributed by atoms with E-state index in [-0.39, 0.29) is 0 Å². The lowest BCUT2D eigenvalue weighted by molar-refractivity contribution is 0.0526. The van der Waals surface area contributed by atoms with Crippen LogP contribution in [0.25, 0.3) is 10.2 Å². The van der Waals surface area contributed by atoms with Gasteiger partial charge in [-0.2, -0.15) is 0 Å². The van der Waals surface area contributed by atoms with Gasteiger partial charge in [-0.1, -0.05) is 24.3 Å². The molecule has 4 rings (SSSR count). The fraction of sp³-hybridized carbons (Fsp3) is 0.429. The molecule has 152 valence electrons. The molecule has 1 aromatic carbocycles. The Bertz CT molecular complexity index is 998. The summed E-state index contributed by atoms with van der Waals surface area (Å²) in [5.41, 5.74) is 2.53. The molecule has 8 heteroatoms. The second-order valence-electron chi connectivity index (χ2n) is 7.41. The number of anilines is 2. The third-order valence-corrected chi connectivity index (χ3v) is 6.10. The third kappa shape index (κ3) is 4.71. The number of piperidine rings is 1. The van der Waals surface area contributed by atoms with Crippen molar-refractivity contribution in [1.29, 1.82) is 0 Å². The summed E-state index contributed by atoms with van der Waals surface area (Å²) in [5.74, 6) is 0.792. The van der Waals surface area contributed by atoms with E-state index in [0.717, 1.165) is 22.7 Å². The zero-order chi connectivity index (χ0) is 20.2. The Kier molecular flexibility index (Phi) is 6.01.